The number of imide groups is 1. The molecule has 4 amide bonds. The number of rotatable bonds is 6. The Bertz CT molecular complexity index is 1450. The molecule has 0 bridgehead atoms. The lowest BCUT2D eigenvalue weighted by atomic mass is 10.0. The highest BCUT2D eigenvalue weighted by Gasteiger charge is 2.38. The summed E-state index contributed by atoms with van der Waals surface area (Å²) in [5.41, 5.74) is 3.38. The second kappa shape index (κ2) is 11.3. The van der Waals surface area contributed by atoms with E-state index < -0.39 is 23.9 Å². The Hall–Kier alpha value is -4.14. The first kappa shape index (κ1) is 26.5. The van der Waals surface area contributed by atoms with Crippen molar-refractivity contribution in [3.05, 3.63) is 94.5 Å². The van der Waals surface area contributed by atoms with Gasteiger partial charge in [0, 0.05) is 12.2 Å². The lowest BCUT2D eigenvalue weighted by Crippen LogP contribution is -2.43. The summed E-state index contributed by atoms with van der Waals surface area (Å²) in [6, 6.07) is 22.7. The predicted octanol–water partition coefficient (Wildman–Crippen LogP) is 5.66. The monoisotopic (exact) mass is 563 g/mol. The minimum atomic E-state index is -0.672. The van der Waals surface area contributed by atoms with Gasteiger partial charge in [-0.3, -0.25) is 19.3 Å². The largest absolute Gasteiger partial charge is 0.445 e. The number of carbonyl (C=O) groups excluding carboxylic acids is 4. The van der Waals surface area contributed by atoms with E-state index in [-0.39, 0.29) is 22.6 Å². The van der Waals surface area contributed by atoms with Gasteiger partial charge in [-0.1, -0.05) is 77.8 Å². The van der Waals surface area contributed by atoms with E-state index in [1.807, 2.05) is 36.4 Å². The SMILES string of the molecule is O=C(Nc1cccc(-c2ccc(N3C(=O)C(Cl)=C(Cl)C3=O)cc2)c1)[C@@H]1CCCN1C(=O)OCc1ccccc1. The van der Waals surface area contributed by atoms with Crippen molar-refractivity contribution in [1.29, 1.82) is 0 Å². The average Bonchev–Trinajstić information content (AvgIpc) is 3.53. The topological polar surface area (TPSA) is 96.0 Å². The standard InChI is InChI=1S/C29H23Cl2N3O5/c30-24-25(31)28(37)34(27(24)36)22-13-11-19(12-14-22)20-8-4-9-21(16-20)32-26(35)23-10-5-15-33(23)29(38)39-17-18-6-2-1-3-7-18/h1-4,6-9,11-14,16,23H,5,10,15,17H2,(H,32,35)/t23-/m0/s1. The van der Waals surface area contributed by atoms with Crippen molar-refractivity contribution in [2.24, 2.45) is 0 Å². The second-order valence-corrected chi connectivity index (χ2v) is 9.84. The van der Waals surface area contributed by atoms with E-state index in [1.165, 1.54) is 4.90 Å². The summed E-state index contributed by atoms with van der Waals surface area (Å²) >= 11 is 11.7. The number of likely N-dealkylation sites (tertiary alicyclic amines) is 1. The van der Waals surface area contributed by atoms with Gasteiger partial charge in [-0.25, -0.2) is 9.69 Å². The molecule has 10 heteroatoms. The fraction of sp³-hybridized carbons (Fsp3) is 0.172. The third-order valence-corrected chi connectivity index (χ3v) is 7.36. The molecule has 2 aliphatic rings. The molecule has 3 aromatic carbocycles. The molecule has 5 rings (SSSR count). The molecule has 0 aromatic heterocycles. The molecular weight excluding hydrogens is 541 g/mol. The molecule has 2 heterocycles. The third-order valence-electron chi connectivity index (χ3n) is 6.56. The maximum absolute atomic E-state index is 13.1. The third kappa shape index (κ3) is 5.53. The van der Waals surface area contributed by atoms with Crippen LogP contribution < -0.4 is 10.2 Å². The van der Waals surface area contributed by atoms with Gasteiger partial charge < -0.3 is 10.1 Å². The number of amides is 4. The first-order chi connectivity index (χ1) is 18.8. The molecule has 0 unspecified atom stereocenters. The molecule has 8 nitrogen and oxygen atoms in total. The summed E-state index contributed by atoms with van der Waals surface area (Å²) < 4.78 is 5.44. The molecule has 39 heavy (non-hydrogen) atoms. The summed E-state index contributed by atoms with van der Waals surface area (Å²) in [6.07, 6.45) is 0.737. The molecule has 3 aromatic rings. The van der Waals surface area contributed by atoms with E-state index in [4.69, 9.17) is 27.9 Å². The summed E-state index contributed by atoms with van der Waals surface area (Å²) in [7, 11) is 0. The second-order valence-electron chi connectivity index (χ2n) is 9.08. The molecule has 0 spiro atoms. The van der Waals surface area contributed by atoms with Gasteiger partial charge in [0.2, 0.25) is 5.91 Å². The maximum Gasteiger partial charge on any atom is 0.410 e. The molecular formula is C29H23Cl2N3O5. The molecule has 1 N–H and O–H groups in total. The van der Waals surface area contributed by atoms with Crippen molar-refractivity contribution in [2.75, 3.05) is 16.8 Å². The van der Waals surface area contributed by atoms with Crippen LogP contribution in [0.2, 0.25) is 0 Å². The van der Waals surface area contributed by atoms with E-state index in [2.05, 4.69) is 5.32 Å². The Balaban J connectivity index is 1.24. The van der Waals surface area contributed by atoms with Crippen LogP contribution in [0.25, 0.3) is 11.1 Å². The smallest absolute Gasteiger partial charge is 0.410 e. The van der Waals surface area contributed by atoms with Crippen molar-refractivity contribution in [3.63, 3.8) is 0 Å². The normalized spacial score (nSPS) is 17.1. The Morgan fingerprint density at radius 3 is 2.26 bits per heavy atom. The van der Waals surface area contributed by atoms with Gasteiger partial charge in [0.05, 0.1) is 5.69 Å². The number of halogens is 2. The van der Waals surface area contributed by atoms with Crippen LogP contribution in [0.15, 0.2) is 88.9 Å². The highest BCUT2D eigenvalue weighted by Crippen LogP contribution is 2.33. The first-order valence-electron chi connectivity index (χ1n) is 12.3. The van der Waals surface area contributed by atoms with Crippen molar-refractivity contribution in [2.45, 2.75) is 25.5 Å². The predicted molar refractivity (Wildman–Crippen MR) is 148 cm³/mol. The van der Waals surface area contributed by atoms with Gasteiger partial charge in [-0.05, 0) is 53.8 Å². The van der Waals surface area contributed by atoms with Gasteiger partial charge in [-0.2, -0.15) is 0 Å². The highest BCUT2D eigenvalue weighted by molar-refractivity contribution is 6.62. The zero-order valence-electron chi connectivity index (χ0n) is 20.6. The fourth-order valence-corrected chi connectivity index (χ4v) is 4.91. The molecule has 2 aliphatic heterocycles. The van der Waals surface area contributed by atoms with E-state index >= 15 is 0 Å². The van der Waals surface area contributed by atoms with Gasteiger partial charge in [0.1, 0.15) is 22.7 Å². The van der Waals surface area contributed by atoms with Crippen LogP contribution in [0.4, 0.5) is 16.2 Å². The van der Waals surface area contributed by atoms with Gasteiger partial charge >= 0.3 is 6.09 Å². The maximum atomic E-state index is 13.1. The van der Waals surface area contributed by atoms with Crippen LogP contribution in [-0.4, -0.2) is 41.3 Å². The lowest BCUT2D eigenvalue weighted by molar-refractivity contribution is -0.121. The van der Waals surface area contributed by atoms with Crippen LogP contribution in [0.3, 0.4) is 0 Å². The zero-order valence-corrected chi connectivity index (χ0v) is 22.1. The Morgan fingerprint density at radius 2 is 1.56 bits per heavy atom. The molecule has 0 radical (unpaired) electrons. The van der Waals surface area contributed by atoms with Crippen LogP contribution >= 0.6 is 23.2 Å². The van der Waals surface area contributed by atoms with Crippen LogP contribution in [0.5, 0.6) is 0 Å². The van der Waals surface area contributed by atoms with Crippen LogP contribution in [0.1, 0.15) is 18.4 Å². The zero-order chi connectivity index (χ0) is 27.5. The molecule has 1 saturated heterocycles. The van der Waals surface area contributed by atoms with E-state index in [0.717, 1.165) is 21.6 Å². The van der Waals surface area contributed by atoms with Crippen molar-refractivity contribution in [3.8, 4) is 11.1 Å². The number of hydrogen-bond acceptors (Lipinski definition) is 5. The van der Waals surface area contributed by atoms with E-state index in [1.54, 1.807) is 42.5 Å². The van der Waals surface area contributed by atoms with E-state index in [9.17, 15) is 19.2 Å². The van der Waals surface area contributed by atoms with Gasteiger partial charge in [0.25, 0.3) is 11.8 Å². The number of nitrogens with one attached hydrogen (secondary N) is 1. The molecule has 1 atom stereocenters. The number of ether oxygens (including phenoxy) is 1. The lowest BCUT2D eigenvalue weighted by Gasteiger charge is -2.23. The number of anilines is 2. The van der Waals surface area contributed by atoms with Gasteiger partial charge in [-0.15, -0.1) is 0 Å². The molecule has 0 saturated carbocycles. The number of nitrogens with zero attached hydrogens (tertiary/aromatic N) is 2. The number of hydrogen-bond donors (Lipinski definition) is 1. The molecule has 0 aliphatic carbocycles. The average molecular weight is 564 g/mol. The van der Waals surface area contributed by atoms with E-state index in [0.29, 0.717) is 30.8 Å². The quantitative estimate of drug-likeness (QED) is 0.390. The minimum absolute atomic E-state index is 0.141. The molecule has 198 valence electrons. The van der Waals surface area contributed by atoms with Crippen molar-refractivity contribution < 1.29 is 23.9 Å². The Kier molecular flexibility index (Phi) is 7.67. The summed E-state index contributed by atoms with van der Waals surface area (Å²) in [6.45, 7) is 0.591. The van der Waals surface area contributed by atoms with Crippen molar-refractivity contribution >= 4 is 58.4 Å². The van der Waals surface area contributed by atoms with Gasteiger partial charge in [0.15, 0.2) is 0 Å². The molecule has 1 fully saturated rings. The van der Waals surface area contributed by atoms with Crippen molar-refractivity contribution in [1.82, 2.24) is 4.90 Å². The van der Waals surface area contributed by atoms with Crippen LogP contribution in [-0.2, 0) is 25.7 Å². The summed E-state index contributed by atoms with van der Waals surface area (Å²) in [5, 5.41) is 2.30. The first-order valence-corrected chi connectivity index (χ1v) is 13.0. The summed E-state index contributed by atoms with van der Waals surface area (Å²) in [5.74, 6) is -1.63. The summed E-state index contributed by atoms with van der Waals surface area (Å²) in [4.78, 5) is 52.7. The minimum Gasteiger partial charge on any atom is -0.445 e. The number of carbonyl (C=O) groups is 4. The van der Waals surface area contributed by atoms with Crippen LogP contribution in [0, 0.1) is 0 Å². The Morgan fingerprint density at radius 1 is 0.872 bits per heavy atom. The number of benzene rings is 3. The fourth-order valence-electron chi connectivity index (χ4n) is 4.58. The Labute approximate surface area is 234 Å². The highest BCUT2D eigenvalue weighted by atomic mass is 35.5.